The van der Waals surface area contributed by atoms with Gasteiger partial charge >= 0.3 is 0 Å². The maximum Gasteiger partial charge on any atom is 0.253 e. The highest BCUT2D eigenvalue weighted by Gasteiger charge is 2.05. The zero-order valence-electron chi connectivity index (χ0n) is 10.7. The van der Waals surface area contributed by atoms with E-state index in [0.29, 0.717) is 12.1 Å². The fraction of sp³-hybridized carbons (Fsp3) is 0.308. The Balaban J connectivity index is 1.92. The van der Waals surface area contributed by atoms with Gasteiger partial charge in [0.1, 0.15) is 0 Å². The summed E-state index contributed by atoms with van der Waals surface area (Å²) in [5.41, 5.74) is 1.16. The normalized spacial score (nSPS) is 10.4. The molecular formula is C13H16N4O2. The molecule has 0 aliphatic heterocycles. The Morgan fingerprint density at radius 3 is 3.00 bits per heavy atom. The van der Waals surface area contributed by atoms with Crippen LogP contribution < -0.4 is 10.9 Å². The van der Waals surface area contributed by atoms with Crippen molar-refractivity contribution in [1.82, 2.24) is 20.1 Å². The molecule has 0 aliphatic rings. The van der Waals surface area contributed by atoms with E-state index in [4.69, 9.17) is 0 Å². The summed E-state index contributed by atoms with van der Waals surface area (Å²) in [6.07, 6.45) is 6.07. The van der Waals surface area contributed by atoms with Crippen LogP contribution >= 0.6 is 0 Å². The van der Waals surface area contributed by atoms with Crippen LogP contribution in [0.2, 0.25) is 0 Å². The zero-order chi connectivity index (χ0) is 13.7. The van der Waals surface area contributed by atoms with Crippen LogP contribution in [0.3, 0.4) is 0 Å². The van der Waals surface area contributed by atoms with Crippen molar-refractivity contribution in [2.24, 2.45) is 0 Å². The summed E-state index contributed by atoms with van der Waals surface area (Å²) in [6.45, 7) is 3.37. The minimum atomic E-state index is -0.225. The molecule has 0 bridgehead atoms. The molecule has 0 saturated carbocycles. The second kappa shape index (κ2) is 5.99. The van der Waals surface area contributed by atoms with E-state index in [-0.39, 0.29) is 11.5 Å². The smallest absolute Gasteiger partial charge is 0.253 e. The number of aryl methyl sites for hydroxylation is 1. The van der Waals surface area contributed by atoms with E-state index in [0.717, 1.165) is 18.5 Å². The van der Waals surface area contributed by atoms with E-state index < -0.39 is 0 Å². The van der Waals surface area contributed by atoms with Crippen LogP contribution in [0.1, 0.15) is 29.3 Å². The van der Waals surface area contributed by atoms with Gasteiger partial charge in [-0.3, -0.25) is 14.3 Å². The molecule has 100 valence electrons. The lowest BCUT2D eigenvalue weighted by molar-refractivity contribution is 0.0950. The molecule has 2 N–H and O–H groups in total. The number of aromatic nitrogens is 3. The summed E-state index contributed by atoms with van der Waals surface area (Å²) in [7, 11) is 0. The summed E-state index contributed by atoms with van der Waals surface area (Å²) >= 11 is 0. The number of pyridine rings is 1. The molecular weight excluding hydrogens is 244 g/mol. The van der Waals surface area contributed by atoms with E-state index in [2.05, 4.69) is 22.3 Å². The van der Waals surface area contributed by atoms with Crippen molar-refractivity contribution in [3.05, 3.63) is 52.2 Å². The van der Waals surface area contributed by atoms with Crippen LogP contribution in [0.4, 0.5) is 0 Å². The first kappa shape index (κ1) is 13.1. The zero-order valence-corrected chi connectivity index (χ0v) is 10.7. The Morgan fingerprint density at radius 2 is 2.32 bits per heavy atom. The molecule has 6 heteroatoms. The van der Waals surface area contributed by atoms with Gasteiger partial charge in [-0.15, -0.1) is 0 Å². The number of H-pyrrole nitrogens is 1. The van der Waals surface area contributed by atoms with Crippen molar-refractivity contribution >= 4 is 5.91 Å². The van der Waals surface area contributed by atoms with Crippen molar-refractivity contribution in [3.8, 4) is 0 Å². The lowest BCUT2D eigenvalue weighted by Gasteiger charge is -2.02. The average Bonchev–Trinajstić information content (AvgIpc) is 2.85. The van der Waals surface area contributed by atoms with Crippen LogP contribution in [-0.4, -0.2) is 20.7 Å². The maximum atomic E-state index is 11.8. The summed E-state index contributed by atoms with van der Waals surface area (Å²) in [4.78, 5) is 25.2. The maximum absolute atomic E-state index is 11.8. The van der Waals surface area contributed by atoms with Crippen molar-refractivity contribution in [3.63, 3.8) is 0 Å². The number of nitrogens with zero attached hydrogens (tertiary/aromatic N) is 2. The standard InChI is InChI=1S/C13H16N4O2/c1-2-5-17-9-10(7-16-17)6-15-13(19)11-3-4-12(18)14-8-11/h3-4,7-9H,2,5-6H2,1H3,(H,14,18)(H,15,19). The lowest BCUT2D eigenvalue weighted by Crippen LogP contribution is -2.23. The van der Waals surface area contributed by atoms with Crippen LogP contribution in [-0.2, 0) is 13.1 Å². The number of carbonyl (C=O) groups excluding carboxylic acids is 1. The molecule has 0 atom stereocenters. The first-order valence-corrected chi connectivity index (χ1v) is 6.17. The molecule has 2 heterocycles. The van der Waals surface area contributed by atoms with Crippen molar-refractivity contribution < 1.29 is 4.79 Å². The fourth-order valence-corrected chi connectivity index (χ4v) is 1.69. The van der Waals surface area contributed by atoms with Gasteiger partial charge in [0.25, 0.3) is 5.91 Å². The monoisotopic (exact) mass is 260 g/mol. The Kier molecular flexibility index (Phi) is 4.12. The van der Waals surface area contributed by atoms with E-state index in [1.165, 1.54) is 18.3 Å². The van der Waals surface area contributed by atoms with Crippen LogP contribution in [0.25, 0.3) is 0 Å². The van der Waals surface area contributed by atoms with E-state index in [1.807, 2.05) is 10.9 Å². The minimum Gasteiger partial charge on any atom is -0.348 e. The predicted molar refractivity (Wildman–Crippen MR) is 70.8 cm³/mol. The molecule has 0 aromatic carbocycles. The third-order valence-electron chi connectivity index (χ3n) is 2.64. The van der Waals surface area contributed by atoms with Gasteiger partial charge in [-0.25, -0.2) is 0 Å². The van der Waals surface area contributed by atoms with Crippen LogP contribution in [0, 0.1) is 0 Å². The average molecular weight is 260 g/mol. The third-order valence-corrected chi connectivity index (χ3v) is 2.64. The van der Waals surface area contributed by atoms with E-state index in [1.54, 1.807) is 6.20 Å². The second-order valence-electron chi connectivity index (χ2n) is 4.24. The van der Waals surface area contributed by atoms with Gasteiger partial charge in [0.15, 0.2) is 0 Å². The van der Waals surface area contributed by atoms with Gasteiger partial charge in [0, 0.05) is 37.1 Å². The lowest BCUT2D eigenvalue weighted by atomic mass is 10.2. The molecule has 6 nitrogen and oxygen atoms in total. The molecule has 1 amide bonds. The summed E-state index contributed by atoms with van der Waals surface area (Å²) in [6, 6.07) is 2.82. The molecule has 0 spiro atoms. The minimum absolute atomic E-state index is 0.223. The Labute approximate surface area is 110 Å². The van der Waals surface area contributed by atoms with Crippen molar-refractivity contribution in [2.75, 3.05) is 0 Å². The number of hydrogen-bond donors (Lipinski definition) is 2. The Morgan fingerprint density at radius 1 is 1.47 bits per heavy atom. The van der Waals surface area contributed by atoms with Gasteiger partial charge in [-0.2, -0.15) is 5.10 Å². The summed E-state index contributed by atoms with van der Waals surface area (Å²) in [5.74, 6) is -0.223. The molecule has 2 aromatic heterocycles. The fourth-order valence-electron chi connectivity index (χ4n) is 1.69. The van der Waals surface area contributed by atoms with Crippen LogP contribution in [0.5, 0.6) is 0 Å². The molecule has 0 radical (unpaired) electrons. The van der Waals surface area contributed by atoms with Crippen molar-refractivity contribution in [1.29, 1.82) is 0 Å². The van der Waals surface area contributed by atoms with Crippen molar-refractivity contribution in [2.45, 2.75) is 26.4 Å². The summed E-state index contributed by atoms with van der Waals surface area (Å²) in [5, 5.41) is 6.96. The largest absolute Gasteiger partial charge is 0.348 e. The summed E-state index contributed by atoms with van der Waals surface area (Å²) < 4.78 is 1.85. The highest BCUT2D eigenvalue weighted by Crippen LogP contribution is 2.00. The SMILES string of the molecule is CCCn1cc(CNC(=O)c2ccc(=O)[nH]c2)cn1. The van der Waals surface area contributed by atoms with Crippen LogP contribution in [0.15, 0.2) is 35.5 Å². The van der Waals surface area contributed by atoms with E-state index >= 15 is 0 Å². The predicted octanol–water partition coefficient (Wildman–Crippen LogP) is 0.911. The number of aromatic amines is 1. The topological polar surface area (TPSA) is 79.8 Å². The number of amides is 1. The van der Waals surface area contributed by atoms with Gasteiger partial charge < -0.3 is 10.3 Å². The molecule has 0 fully saturated rings. The number of hydrogen-bond acceptors (Lipinski definition) is 3. The molecule has 0 aliphatic carbocycles. The second-order valence-corrected chi connectivity index (χ2v) is 4.24. The van der Waals surface area contributed by atoms with Gasteiger partial charge in [-0.1, -0.05) is 6.92 Å². The van der Waals surface area contributed by atoms with Gasteiger partial charge in [0.2, 0.25) is 5.56 Å². The molecule has 0 saturated heterocycles. The first-order valence-electron chi connectivity index (χ1n) is 6.17. The third kappa shape index (κ3) is 3.54. The van der Waals surface area contributed by atoms with Gasteiger partial charge in [0.05, 0.1) is 11.8 Å². The molecule has 19 heavy (non-hydrogen) atoms. The first-order chi connectivity index (χ1) is 9.19. The Hall–Kier alpha value is -2.37. The molecule has 2 aromatic rings. The number of nitrogens with one attached hydrogen (secondary N) is 2. The van der Waals surface area contributed by atoms with Gasteiger partial charge in [-0.05, 0) is 12.5 Å². The van der Waals surface area contributed by atoms with E-state index in [9.17, 15) is 9.59 Å². The number of carbonyl (C=O) groups is 1. The molecule has 2 rings (SSSR count). The Bertz CT molecular complexity index is 595. The molecule has 0 unspecified atom stereocenters. The number of rotatable bonds is 5. The quantitative estimate of drug-likeness (QED) is 0.838. The highest BCUT2D eigenvalue weighted by atomic mass is 16.1. The highest BCUT2D eigenvalue weighted by molar-refractivity contribution is 5.93.